The number of carbonyl (C=O) groups is 1. The van der Waals surface area contributed by atoms with E-state index in [-0.39, 0.29) is 0 Å². The number of benzene rings is 1. The number of carbonyl (C=O) groups excluding carboxylic acids is 1. The smallest absolute Gasteiger partial charge is 0.274 e. The van der Waals surface area contributed by atoms with Gasteiger partial charge in [-0.15, -0.1) is 0 Å². The number of rotatable bonds is 1. The Bertz CT molecular complexity index is 523. The van der Waals surface area contributed by atoms with E-state index in [2.05, 4.69) is 4.98 Å². The average molecular weight is 202 g/mol. The molecule has 0 aliphatic heterocycles. The van der Waals surface area contributed by atoms with E-state index < -0.39 is 5.91 Å². The lowest BCUT2D eigenvalue weighted by Crippen LogP contribution is -2.18. The summed E-state index contributed by atoms with van der Waals surface area (Å²) in [6.07, 6.45) is 0. The Morgan fingerprint density at radius 1 is 1.33 bits per heavy atom. The molecule has 4 heteroatoms. The number of hydroxylamine groups is 1. The van der Waals surface area contributed by atoms with Gasteiger partial charge in [0.05, 0.1) is 5.52 Å². The first-order chi connectivity index (χ1) is 7.20. The zero-order chi connectivity index (χ0) is 10.8. The fourth-order valence-corrected chi connectivity index (χ4v) is 1.43. The molecule has 4 nitrogen and oxygen atoms in total. The monoisotopic (exact) mass is 202 g/mol. The third kappa shape index (κ3) is 1.80. The van der Waals surface area contributed by atoms with E-state index in [1.54, 1.807) is 23.7 Å². The van der Waals surface area contributed by atoms with Crippen molar-refractivity contribution in [1.29, 1.82) is 0 Å². The van der Waals surface area contributed by atoms with E-state index in [1.165, 1.54) is 0 Å². The number of nitrogens with one attached hydrogen (secondary N) is 1. The Kier molecular flexibility index (Phi) is 2.35. The van der Waals surface area contributed by atoms with Crippen molar-refractivity contribution >= 4 is 16.8 Å². The Balaban J connectivity index is 2.57. The van der Waals surface area contributed by atoms with E-state index in [4.69, 9.17) is 5.21 Å². The molecular weight excluding hydrogens is 192 g/mol. The lowest BCUT2D eigenvalue weighted by molar-refractivity contribution is 0.0706. The molecule has 0 saturated heterocycles. The summed E-state index contributed by atoms with van der Waals surface area (Å²) >= 11 is 0. The van der Waals surface area contributed by atoms with Crippen LogP contribution >= 0.6 is 0 Å². The summed E-state index contributed by atoms with van der Waals surface area (Å²) in [5.74, 6) is -0.516. The minimum Gasteiger partial charge on any atom is -0.288 e. The van der Waals surface area contributed by atoms with E-state index in [0.29, 0.717) is 5.56 Å². The van der Waals surface area contributed by atoms with Crippen LogP contribution in [0.2, 0.25) is 0 Å². The van der Waals surface area contributed by atoms with Crippen molar-refractivity contribution in [2.24, 2.45) is 0 Å². The van der Waals surface area contributed by atoms with Gasteiger partial charge in [0.2, 0.25) is 0 Å². The molecule has 2 rings (SSSR count). The van der Waals surface area contributed by atoms with Gasteiger partial charge in [-0.2, -0.15) is 0 Å². The van der Waals surface area contributed by atoms with Gasteiger partial charge in [-0.1, -0.05) is 6.07 Å². The van der Waals surface area contributed by atoms with E-state index >= 15 is 0 Å². The van der Waals surface area contributed by atoms with Crippen LogP contribution in [-0.4, -0.2) is 16.1 Å². The first kappa shape index (κ1) is 9.61. The van der Waals surface area contributed by atoms with Crippen molar-refractivity contribution in [3.8, 4) is 0 Å². The zero-order valence-corrected chi connectivity index (χ0v) is 8.19. The fraction of sp³-hybridized carbons (Fsp3) is 0.0909. The van der Waals surface area contributed by atoms with Gasteiger partial charge < -0.3 is 0 Å². The van der Waals surface area contributed by atoms with Crippen molar-refractivity contribution in [3.05, 3.63) is 41.6 Å². The highest BCUT2D eigenvalue weighted by atomic mass is 16.5. The summed E-state index contributed by atoms with van der Waals surface area (Å²) in [6, 6.07) is 8.84. The molecule has 0 spiro atoms. The minimum atomic E-state index is -0.516. The zero-order valence-electron chi connectivity index (χ0n) is 8.19. The molecule has 15 heavy (non-hydrogen) atoms. The van der Waals surface area contributed by atoms with Crippen LogP contribution in [0.1, 0.15) is 16.1 Å². The average Bonchev–Trinajstić information content (AvgIpc) is 2.27. The van der Waals surface area contributed by atoms with E-state index in [9.17, 15) is 4.79 Å². The number of amides is 1. The first-order valence-electron chi connectivity index (χ1n) is 4.52. The molecule has 0 radical (unpaired) electrons. The van der Waals surface area contributed by atoms with Gasteiger partial charge in [-0.25, -0.2) is 5.48 Å². The molecule has 0 saturated carbocycles. The van der Waals surface area contributed by atoms with E-state index in [1.807, 2.05) is 19.1 Å². The molecule has 76 valence electrons. The molecule has 1 aromatic heterocycles. The van der Waals surface area contributed by atoms with Crippen LogP contribution in [0, 0.1) is 6.92 Å². The predicted molar refractivity (Wildman–Crippen MR) is 55.7 cm³/mol. The molecule has 2 aromatic rings. The molecule has 1 heterocycles. The molecule has 0 unspecified atom stereocenters. The fourth-order valence-electron chi connectivity index (χ4n) is 1.43. The summed E-state index contributed by atoms with van der Waals surface area (Å²) in [6.45, 7) is 1.91. The maximum atomic E-state index is 11.1. The number of hydrogen-bond donors (Lipinski definition) is 2. The van der Waals surface area contributed by atoms with Gasteiger partial charge in [0.25, 0.3) is 5.91 Å². The van der Waals surface area contributed by atoms with Crippen molar-refractivity contribution in [2.75, 3.05) is 0 Å². The molecule has 0 fully saturated rings. The second-order valence-corrected chi connectivity index (χ2v) is 3.30. The summed E-state index contributed by atoms with van der Waals surface area (Å²) in [4.78, 5) is 15.5. The van der Waals surface area contributed by atoms with Crippen LogP contribution in [0.3, 0.4) is 0 Å². The number of nitrogens with zero attached hydrogens (tertiary/aromatic N) is 1. The molecule has 2 N–H and O–H groups in total. The Morgan fingerprint density at radius 3 is 2.87 bits per heavy atom. The highest BCUT2D eigenvalue weighted by Gasteiger charge is 2.04. The Morgan fingerprint density at radius 2 is 2.13 bits per heavy atom. The first-order valence-corrected chi connectivity index (χ1v) is 4.52. The molecule has 0 aliphatic rings. The van der Waals surface area contributed by atoms with Crippen molar-refractivity contribution < 1.29 is 10.0 Å². The number of aromatic nitrogens is 1. The van der Waals surface area contributed by atoms with Gasteiger partial charge in [-0.3, -0.25) is 15.0 Å². The third-order valence-electron chi connectivity index (χ3n) is 2.19. The van der Waals surface area contributed by atoms with E-state index in [0.717, 1.165) is 16.6 Å². The second-order valence-electron chi connectivity index (χ2n) is 3.30. The number of fused-ring (bicyclic) bond motifs is 1. The van der Waals surface area contributed by atoms with Crippen molar-refractivity contribution in [1.82, 2.24) is 10.5 Å². The molecule has 1 aromatic carbocycles. The van der Waals surface area contributed by atoms with Crippen LogP contribution in [0.5, 0.6) is 0 Å². The van der Waals surface area contributed by atoms with Gasteiger partial charge >= 0.3 is 0 Å². The van der Waals surface area contributed by atoms with Gasteiger partial charge in [-0.05, 0) is 31.2 Å². The maximum Gasteiger partial charge on any atom is 0.274 e. The lowest BCUT2D eigenvalue weighted by atomic mass is 10.1. The van der Waals surface area contributed by atoms with Crippen LogP contribution < -0.4 is 5.48 Å². The lowest BCUT2D eigenvalue weighted by Gasteiger charge is -2.02. The second kappa shape index (κ2) is 3.67. The largest absolute Gasteiger partial charge is 0.288 e. The number of pyridine rings is 1. The Hall–Kier alpha value is -1.94. The quantitative estimate of drug-likeness (QED) is 0.546. The molecule has 0 atom stereocenters. The maximum absolute atomic E-state index is 11.1. The molecule has 1 amide bonds. The minimum absolute atomic E-state index is 0.413. The number of hydrogen-bond acceptors (Lipinski definition) is 3. The number of aryl methyl sites for hydroxylation is 1. The van der Waals surface area contributed by atoms with Gasteiger partial charge in [0.1, 0.15) is 0 Å². The highest BCUT2D eigenvalue weighted by molar-refractivity contribution is 5.97. The van der Waals surface area contributed by atoms with Crippen LogP contribution in [0.25, 0.3) is 10.9 Å². The van der Waals surface area contributed by atoms with Crippen molar-refractivity contribution in [3.63, 3.8) is 0 Å². The summed E-state index contributed by atoms with van der Waals surface area (Å²) in [7, 11) is 0. The van der Waals surface area contributed by atoms with Gasteiger partial charge in [0, 0.05) is 16.6 Å². The topological polar surface area (TPSA) is 62.2 Å². The molecular formula is C11H10N2O2. The van der Waals surface area contributed by atoms with Crippen LogP contribution in [-0.2, 0) is 0 Å². The highest BCUT2D eigenvalue weighted by Crippen LogP contribution is 2.14. The standard InChI is InChI=1S/C11H10N2O2/c1-7-2-3-8-6-9(11(14)13-15)4-5-10(8)12-7/h2-6,15H,1H3,(H,13,14). The van der Waals surface area contributed by atoms with Crippen molar-refractivity contribution in [2.45, 2.75) is 6.92 Å². The third-order valence-corrected chi connectivity index (χ3v) is 2.19. The Labute approximate surface area is 86.5 Å². The summed E-state index contributed by atoms with van der Waals surface area (Å²) < 4.78 is 0. The summed E-state index contributed by atoms with van der Waals surface area (Å²) in [5, 5.41) is 9.37. The molecule has 0 bridgehead atoms. The predicted octanol–water partition coefficient (Wildman–Crippen LogP) is 1.66. The SMILES string of the molecule is Cc1ccc2cc(C(=O)NO)ccc2n1. The molecule has 0 aliphatic carbocycles. The van der Waals surface area contributed by atoms with Crippen LogP contribution in [0.4, 0.5) is 0 Å². The van der Waals surface area contributed by atoms with Gasteiger partial charge in [0.15, 0.2) is 0 Å². The van der Waals surface area contributed by atoms with Crippen LogP contribution in [0.15, 0.2) is 30.3 Å². The summed E-state index contributed by atoms with van der Waals surface area (Å²) in [5.41, 5.74) is 3.78. The normalized spacial score (nSPS) is 10.3.